The van der Waals surface area contributed by atoms with Gasteiger partial charge in [0.15, 0.2) is 0 Å². The maximum atomic E-state index is 4.48. The van der Waals surface area contributed by atoms with Gasteiger partial charge in [0, 0.05) is 27.3 Å². The molecule has 0 fully saturated rings. The quantitative estimate of drug-likeness (QED) is 0.790. The molecular weight excluding hydrogens is 260 g/mol. The lowest BCUT2D eigenvalue weighted by Crippen LogP contribution is -1.79. The first-order valence-electron chi connectivity index (χ1n) is 4.22. The SMILES string of the molecule is Cc1nc(-c2cncc(Br)c2)sc1C. The van der Waals surface area contributed by atoms with Gasteiger partial charge in [-0.2, -0.15) is 0 Å². The fourth-order valence-corrected chi connectivity index (χ4v) is 2.39. The molecular formula is C10H9BrN2S. The second-order valence-electron chi connectivity index (χ2n) is 3.05. The Hall–Kier alpha value is -0.740. The Morgan fingerprint density at radius 1 is 1.29 bits per heavy atom. The molecule has 0 aliphatic heterocycles. The van der Waals surface area contributed by atoms with Crippen molar-refractivity contribution < 1.29 is 0 Å². The molecule has 4 heteroatoms. The Morgan fingerprint density at radius 2 is 2.07 bits per heavy atom. The second kappa shape index (κ2) is 3.79. The van der Waals surface area contributed by atoms with Crippen molar-refractivity contribution in [1.82, 2.24) is 9.97 Å². The number of aromatic nitrogens is 2. The van der Waals surface area contributed by atoms with Crippen molar-refractivity contribution in [2.24, 2.45) is 0 Å². The van der Waals surface area contributed by atoms with Gasteiger partial charge in [0.25, 0.3) is 0 Å². The lowest BCUT2D eigenvalue weighted by atomic mass is 10.3. The van der Waals surface area contributed by atoms with Gasteiger partial charge in [-0.05, 0) is 35.8 Å². The highest BCUT2D eigenvalue weighted by Gasteiger charge is 2.06. The molecule has 0 amide bonds. The predicted octanol–water partition coefficient (Wildman–Crippen LogP) is 3.58. The third-order valence-electron chi connectivity index (χ3n) is 1.98. The molecule has 0 aliphatic carbocycles. The van der Waals surface area contributed by atoms with Gasteiger partial charge in [-0.15, -0.1) is 11.3 Å². The largest absolute Gasteiger partial charge is 0.263 e. The Bertz CT molecular complexity index is 445. The summed E-state index contributed by atoms with van der Waals surface area (Å²) in [6, 6.07) is 2.03. The van der Waals surface area contributed by atoms with Crippen LogP contribution in [0.1, 0.15) is 10.6 Å². The van der Waals surface area contributed by atoms with E-state index in [1.165, 1.54) is 4.88 Å². The van der Waals surface area contributed by atoms with Gasteiger partial charge in [0.1, 0.15) is 5.01 Å². The highest BCUT2D eigenvalue weighted by atomic mass is 79.9. The zero-order chi connectivity index (χ0) is 10.1. The minimum atomic E-state index is 0.987. The van der Waals surface area contributed by atoms with Gasteiger partial charge in [-0.1, -0.05) is 0 Å². The molecule has 14 heavy (non-hydrogen) atoms. The third-order valence-corrected chi connectivity index (χ3v) is 3.54. The van der Waals surface area contributed by atoms with E-state index in [2.05, 4.69) is 32.8 Å². The van der Waals surface area contributed by atoms with Gasteiger partial charge in [-0.25, -0.2) is 4.98 Å². The van der Waals surface area contributed by atoms with E-state index in [0.29, 0.717) is 0 Å². The zero-order valence-electron chi connectivity index (χ0n) is 7.91. The maximum Gasteiger partial charge on any atom is 0.125 e. The van der Waals surface area contributed by atoms with E-state index >= 15 is 0 Å². The molecule has 2 nitrogen and oxygen atoms in total. The fraction of sp³-hybridized carbons (Fsp3) is 0.200. The average Bonchev–Trinajstić information content (AvgIpc) is 2.47. The van der Waals surface area contributed by atoms with Crippen molar-refractivity contribution in [3.05, 3.63) is 33.5 Å². The number of nitrogens with zero attached hydrogens (tertiary/aromatic N) is 2. The molecule has 0 aliphatic rings. The van der Waals surface area contributed by atoms with Gasteiger partial charge < -0.3 is 0 Å². The Balaban J connectivity index is 2.49. The number of thiazole rings is 1. The summed E-state index contributed by atoms with van der Waals surface area (Å²) in [6.45, 7) is 4.11. The number of halogens is 1. The summed E-state index contributed by atoms with van der Waals surface area (Å²) in [6.07, 6.45) is 3.61. The van der Waals surface area contributed by atoms with Crippen molar-refractivity contribution in [3.8, 4) is 10.6 Å². The van der Waals surface area contributed by atoms with Crippen molar-refractivity contribution in [3.63, 3.8) is 0 Å². The van der Waals surface area contributed by atoms with Crippen LogP contribution in [0.4, 0.5) is 0 Å². The van der Waals surface area contributed by atoms with Crippen molar-refractivity contribution in [1.29, 1.82) is 0 Å². The number of hydrogen-bond acceptors (Lipinski definition) is 3. The van der Waals surface area contributed by atoms with E-state index in [-0.39, 0.29) is 0 Å². The highest BCUT2D eigenvalue weighted by molar-refractivity contribution is 9.10. The summed E-state index contributed by atoms with van der Waals surface area (Å²) in [4.78, 5) is 9.86. The Morgan fingerprint density at radius 3 is 2.64 bits per heavy atom. The number of aryl methyl sites for hydroxylation is 2. The van der Waals surface area contributed by atoms with Gasteiger partial charge in [-0.3, -0.25) is 4.98 Å². The molecule has 2 heterocycles. The number of pyridine rings is 1. The van der Waals surface area contributed by atoms with Crippen molar-refractivity contribution >= 4 is 27.3 Å². The smallest absolute Gasteiger partial charge is 0.125 e. The Labute approximate surface area is 95.2 Å². The molecule has 2 aromatic rings. The zero-order valence-corrected chi connectivity index (χ0v) is 10.3. The van der Waals surface area contributed by atoms with Crippen molar-refractivity contribution in [2.45, 2.75) is 13.8 Å². The Kier molecular flexibility index (Phi) is 2.65. The molecule has 0 N–H and O–H groups in total. The molecule has 0 spiro atoms. The minimum Gasteiger partial charge on any atom is -0.263 e. The van der Waals surface area contributed by atoms with E-state index in [9.17, 15) is 0 Å². The van der Waals surface area contributed by atoms with Gasteiger partial charge in [0.2, 0.25) is 0 Å². The molecule has 0 radical (unpaired) electrons. The van der Waals surface area contributed by atoms with E-state index < -0.39 is 0 Å². The van der Waals surface area contributed by atoms with Crippen LogP contribution in [-0.2, 0) is 0 Å². The van der Waals surface area contributed by atoms with Crippen LogP contribution in [0.15, 0.2) is 22.9 Å². The van der Waals surface area contributed by atoms with Crippen molar-refractivity contribution in [2.75, 3.05) is 0 Å². The first-order valence-corrected chi connectivity index (χ1v) is 5.83. The van der Waals surface area contributed by atoms with Crippen LogP contribution in [0.5, 0.6) is 0 Å². The average molecular weight is 269 g/mol. The first-order chi connectivity index (χ1) is 6.66. The van der Waals surface area contributed by atoms with Gasteiger partial charge >= 0.3 is 0 Å². The summed E-state index contributed by atoms with van der Waals surface area (Å²) in [5.74, 6) is 0. The molecule has 72 valence electrons. The van der Waals surface area contributed by atoms with Crippen LogP contribution < -0.4 is 0 Å². The summed E-state index contributed by atoms with van der Waals surface area (Å²) < 4.78 is 0.987. The normalized spacial score (nSPS) is 10.5. The molecule has 2 rings (SSSR count). The van der Waals surface area contributed by atoms with Crippen LogP contribution >= 0.6 is 27.3 Å². The predicted molar refractivity (Wildman–Crippen MR) is 62.5 cm³/mol. The first kappa shape index (κ1) is 9.80. The molecule has 0 unspecified atom stereocenters. The topological polar surface area (TPSA) is 25.8 Å². The maximum absolute atomic E-state index is 4.48. The third kappa shape index (κ3) is 1.86. The number of rotatable bonds is 1. The lowest BCUT2D eigenvalue weighted by Gasteiger charge is -1.95. The van der Waals surface area contributed by atoms with E-state index in [1.807, 2.05) is 19.2 Å². The second-order valence-corrected chi connectivity index (χ2v) is 5.17. The fourth-order valence-electron chi connectivity index (χ4n) is 1.13. The summed E-state index contributed by atoms with van der Waals surface area (Å²) >= 11 is 5.10. The minimum absolute atomic E-state index is 0.987. The highest BCUT2D eigenvalue weighted by Crippen LogP contribution is 2.27. The van der Waals surface area contributed by atoms with Crippen LogP contribution in [-0.4, -0.2) is 9.97 Å². The van der Waals surface area contributed by atoms with E-state index in [4.69, 9.17) is 0 Å². The molecule has 0 aromatic carbocycles. The number of hydrogen-bond donors (Lipinski definition) is 0. The van der Waals surface area contributed by atoms with Crippen LogP contribution in [0.25, 0.3) is 10.6 Å². The van der Waals surface area contributed by atoms with Crippen LogP contribution in [0, 0.1) is 13.8 Å². The lowest BCUT2D eigenvalue weighted by molar-refractivity contribution is 1.22. The molecule has 0 saturated carbocycles. The summed E-state index contributed by atoms with van der Waals surface area (Å²) in [5, 5.41) is 1.04. The molecule has 0 saturated heterocycles. The monoisotopic (exact) mass is 268 g/mol. The van der Waals surface area contributed by atoms with Crippen LogP contribution in [0.3, 0.4) is 0 Å². The molecule has 0 bridgehead atoms. The standard InChI is InChI=1S/C10H9BrN2S/c1-6-7(2)14-10(13-6)8-3-9(11)5-12-4-8/h3-5H,1-2H3. The van der Waals surface area contributed by atoms with Gasteiger partial charge in [0.05, 0.1) is 5.69 Å². The summed E-state index contributed by atoms with van der Waals surface area (Å²) in [5.41, 5.74) is 2.17. The van der Waals surface area contributed by atoms with E-state index in [0.717, 1.165) is 20.7 Å². The van der Waals surface area contributed by atoms with E-state index in [1.54, 1.807) is 17.5 Å². The van der Waals surface area contributed by atoms with Crippen LogP contribution in [0.2, 0.25) is 0 Å². The molecule has 2 aromatic heterocycles. The molecule has 0 atom stereocenters. The summed E-state index contributed by atoms with van der Waals surface area (Å²) in [7, 11) is 0.